The number of carbonyl (C=O) groups is 1. The van der Waals surface area contributed by atoms with Crippen LogP contribution in [0.25, 0.3) is 11.4 Å². The number of amides is 1. The number of H-pyrrole nitrogens is 2. The summed E-state index contributed by atoms with van der Waals surface area (Å²) in [6, 6.07) is 9.96. The van der Waals surface area contributed by atoms with Crippen molar-refractivity contribution >= 4 is 5.91 Å². The number of benzene rings is 1. The number of rotatable bonds is 4. The molecule has 1 aliphatic heterocycles. The zero-order valence-electron chi connectivity index (χ0n) is 15.6. The maximum Gasteiger partial charge on any atom is 0.234 e. The lowest BCUT2D eigenvalue weighted by atomic mass is 9.86. The van der Waals surface area contributed by atoms with Gasteiger partial charge in [0.15, 0.2) is 5.82 Å². The lowest BCUT2D eigenvalue weighted by Crippen LogP contribution is -2.47. The summed E-state index contributed by atoms with van der Waals surface area (Å²) in [5.41, 5.74) is 1.25. The second-order valence-corrected chi connectivity index (χ2v) is 7.57. The molecule has 4 rings (SSSR count). The molecule has 0 unspecified atom stereocenters. The van der Waals surface area contributed by atoms with E-state index in [9.17, 15) is 4.79 Å². The van der Waals surface area contributed by atoms with Crippen LogP contribution in [0.4, 0.5) is 0 Å². The number of nitrogens with zero attached hydrogens (tertiary/aromatic N) is 4. The number of aromatic nitrogens is 5. The van der Waals surface area contributed by atoms with Crippen LogP contribution in [0.3, 0.4) is 0 Å². The summed E-state index contributed by atoms with van der Waals surface area (Å²) in [6.45, 7) is 5.33. The van der Waals surface area contributed by atoms with E-state index >= 15 is 0 Å². The summed E-state index contributed by atoms with van der Waals surface area (Å²) < 4.78 is 0. The quantitative estimate of drug-likeness (QED) is 0.745. The monoisotopic (exact) mass is 364 g/mol. The molecule has 0 bridgehead atoms. The number of nitrogens with one attached hydrogen (secondary N) is 2. The van der Waals surface area contributed by atoms with Gasteiger partial charge in [0.1, 0.15) is 5.82 Å². The molecule has 1 fully saturated rings. The molecule has 0 saturated carbocycles. The lowest BCUT2D eigenvalue weighted by Gasteiger charge is -2.36. The first-order chi connectivity index (χ1) is 13.1. The third-order valence-electron chi connectivity index (χ3n) is 5.41. The van der Waals surface area contributed by atoms with E-state index in [2.05, 4.69) is 25.1 Å². The Morgan fingerprint density at radius 1 is 1.19 bits per heavy atom. The Balaban J connectivity index is 1.41. The second-order valence-electron chi connectivity index (χ2n) is 7.57. The van der Waals surface area contributed by atoms with Gasteiger partial charge in [0.2, 0.25) is 5.91 Å². The molecule has 7 nitrogen and oxygen atoms in total. The van der Waals surface area contributed by atoms with Crippen LogP contribution >= 0.6 is 0 Å². The van der Waals surface area contributed by atoms with E-state index in [4.69, 9.17) is 0 Å². The Labute approximate surface area is 158 Å². The van der Waals surface area contributed by atoms with Gasteiger partial charge in [0, 0.05) is 36.5 Å². The van der Waals surface area contributed by atoms with Crippen LogP contribution in [0.2, 0.25) is 0 Å². The van der Waals surface area contributed by atoms with Crippen LogP contribution in [-0.4, -0.2) is 49.0 Å². The van der Waals surface area contributed by atoms with Gasteiger partial charge in [0.05, 0.1) is 11.7 Å². The van der Waals surface area contributed by atoms with Crippen molar-refractivity contribution in [2.24, 2.45) is 0 Å². The molecule has 0 radical (unpaired) electrons. The molecule has 1 aromatic carbocycles. The van der Waals surface area contributed by atoms with Gasteiger partial charge in [-0.15, -0.1) is 0 Å². The van der Waals surface area contributed by atoms with E-state index in [1.807, 2.05) is 49.1 Å². The van der Waals surface area contributed by atoms with Crippen molar-refractivity contribution in [2.75, 3.05) is 13.1 Å². The molecule has 1 aliphatic rings. The normalized spacial score (nSPS) is 15.9. The SMILES string of the molecule is CC(C)(C(=O)N1CCC(c2nc(-c3ccccc3)n[nH]2)CC1)c1cnc[nH]1. The average molecular weight is 364 g/mol. The molecule has 140 valence electrons. The van der Waals surface area contributed by atoms with Crippen molar-refractivity contribution < 1.29 is 4.79 Å². The summed E-state index contributed by atoms with van der Waals surface area (Å²) >= 11 is 0. The largest absolute Gasteiger partial charge is 0.348 e. The predicted octanol–water partition coefficient (Wildman–Crippen LogP) is 2.88. The highest BCUT2D eigenvalue weighted by Gasteiger charge is 2.37. The highest BCUT2D eigenvalue weighted by Crippen LogP contribution is 2.30. The van der Waals surface area contributed by atoms with Crippen LogP contribution in [0, 0.1) is 0 Å². The molecular formula is C20H24N6O. The van der Waals surface area contributed by atoms with E-state index < -0.39 is 5.41 Å². The fourth-order valence-corrected chi connectivity index (χ4v) is 3.64. The van der Waals surface area contributed by atoms with Crippen molar-refractivity contribution in [3.63, 3.8) is 0 Å². The highest BCUT2D eigenvalue weighted by atomic mass is 16.2. The smallest absolute Gasteiger partial charge is 0.234 e. The maximum atomic E-state index is 13.0. The van der Waals surface area contributed by atoms with Crippen molar-refractivity contribution in [1.29, 1.82) is 0 Å². The van der Waals surface area contributed by atoms with Gasteiger partial charge in [0.25, 0.3) is 0 Å². The summed E-state index contributed by atoms with van der Waals surface area (Å²) in [5, 5.41) is 7.45. The van der Waals surface area contributed by atoms with Crippen molar-refractivity contribution in [3.8, 4) is 11.4 Å². The Hall–Kier alpha value is -2.96. The van der Waals surface area contributed by atoms with Gasteiger partial charge < -0.3 is 9.88 Å². The number of piperidine rings is 1. The van der Waals surface area contributed by atoms with E-state index in [1.54, 1.807) is 12.5 Å². The Kier molecular flexibility index (Phi) is 4.51. The summed E-state index contributed by atoms with van der Waals surface area (Å²) in [5.74, 6) is 2.07. The maximum absolute atomic E-state index is 13.0. The fraction of sp³-hybridized carbons (Fsp3) is 0.400. The second kappa shape index (κ2) is 6.98. The summed E-state index contributed by atoms with van der Waals surface area (Å²) in [7, 11) is 0. The van der Waals surface area contributed by atoms with Gasteiger partial charge in [-0.3, -0.25) is 9.89 Å². The molecule has 3 heterocycles. The number of carbonyl (C=O) groups excluding carboxylic acids is 1. The van der Waals surface area contributed by atoms with Crippen LogP contribution in [0.1, 0.15) is 44.1 Å². The molecule has 0 atom stereocenters. The molecule has 7 heteroatoms. The molecule has 27 heavy (non-hydrogen) atoms. The van der Waals surface area contributed by atoms with Gasteiger partial charge in [-0.25, -0.2) is 9.97 Å². The topological polar surface area (TPSA) is 90.6 Å². The first kappa shape index (κ1) is 17.5. The minimum atomic E-state index is -0.601. The van der Waals surface area contributed by atoms with Crippen LogP contribution in [0.15, 0.2) is 42.9 Å². The third kappa shape index (κ3) is 3.37. The number of imidazole rings is 1. The van der Waals surface area contributed by atoms with Gasteiger partial charge >= 0.3 is 0 Å². The predicted molar refractivity (Wildman–Crippen MR) is 102 cm³/mol. The van der Waals surface area contributed by atoms with E-state index in [-0.39, 0.29) is 5.91 Å². The third-order valence-corrected chi connectivity index (χ3v) is 5.41. The van der Waals surface area contributed by atoms with Gasteiger partial charge in [-0.2, -0.15) is 5.10 Å². The first-order valence-corrected chi connectivity index (χ1v) is 9.31. The van der Waals surface area contributed by atoms with Crippen molar-refractivity contribution in [1.82, 2.24) is 30.0 Å². The average Bonchev–Trinajstić information content (AvgIpc) is 3.41. The standard InChI is InChI=1S/C20H24N6O/c1-20(2,16-12-21-13-22-16)19(27)26-10-8-15(9-11-26)18-23-17(24-25-18)14-6-4-3-5-7-14/h3-7,12-13,15H,8-11H2,1-2H3,(H,21,22)(H,23,24,25). The summed E-state index contributed by atoms with van der Waals surface area (Å²) in [4.78, 5) is 26.7. The van der Waals surface area contributed by atoms with Gasteiger partial charge in [-0.1, -0.05) is 30.3 Å². The highest BCUT2D eigenvalue weighted by molar-refractivity contribution is 5.86. The number of aromatic amines is 2. The summed E-state index contributed by atoms with van der Waals surface area (Å²) in [6.07, 6.45) is 5.11. The van der Waals surface area contributed by atoms with Crippen LogP contribution in [-0.2, 0) is 10.2 Å². The number of hydrogen-bond acceptors (Lipinski definition) is 4. The fourth-order valence-electron chi connectivity index (χ4n) is 3.64. The van der Waals surface area contributed by atoms with E-state index in [0.29, 0.717) is 5.92 Å². The minimum absolute atomic E-state index is 0.132. The van der Waals surface area contributed by atoms with Crippen molar-refractivity contribution in [3.05, 3.63) is 54.4 Å². The minimum Gasteiger partial charge on any atom is -0.348 e. The molecule has 2 aromatic heterocycles. The lowest BCUT2D eigenvalue weighted by molar-refractivity contribution is -0.137. The Morgan fingerprint density at radius 2 is 1.93 bits per heavy atom. The zero-order chi connectivity index (χ0) is 18.9. The molecule has 1 saturated heterocycles. The van der Waals surface area contributed by atoms with Crippen LogP contribution < -0.4 is 0 Å². The van der Waals surface area contributed by atoms with Crippen molar-refractivity contribution in [2.45, 2.75) is 38.0 Å². The molecule has 1 amide bonds. The van der Waals surface area contributed by atoms with Gasteiger partial charge in [-0.05, 0) is 26.7 Å². The molecule has 0 aliphatic carbocycles. The number of hydrogen-bond donors (Lipinski definition) is 2. The van der Waals surface area contributed by atoms with E-state index in [0.717, 1.165) is 48.8 Å². The Morgan fingerprint density at radius 3 is 2.59 bits per heavy atom. The first-order valence-electron chi connectivity index (χ1n) is 9.31. The molecule has 0 spiro atoms. The van der Waals surface area contributed by atoms with E-state index in [1.165, 1.54) is 0 Å². The zero-order valence-corrected chi connectivity index (χ0v) is 15.6. The van der Waals surface area contributed by atoms with Crippen LogP contribution in [0.5, 0.6) is 0 Å². The molecular weight excluding hydrogens is 340 g/mol. The Bertz CT molecular complexity index is 892. The molecule has 2 N–H and O–H groups in total. The molecule has 3 aromatic rings. The number of likely N-dealkylation sites (tertiary alicyclic amines) is 1.